The van der Waals surface area contributed by atoms with E-state index in [2.05, 4.69) is 34.6 Å². The van der Waals surface area contributed by atoms with Crippen molar-refractivity contribution in [3.05, 3.63) is 0 Å². The van der Waals surface area contributed by atoms with Gasteiger partial charge in [0.1, 0.15) is 5.78 Å². The third-order valence-corrected chi connectivity index (χ3v) is 4.83. The van der Waals surface area contributed by atoms with Gasteiger partial charge in [-0.25, -0.2) is 0 Å². The van der Waals surface area contributed by atoms with Crippen molar-refractivity contribution >= 4 is 23.3 Å². The number of rotatable bonds is 7. The Balaban J connectivity index is 5.26. The van der Waals surface area contributed by atoms with E-state index >= 15 is 0 Å². The largest absolute Gasteiger partial charge is 0.299 e. The van der Waals surface area contributed by atoms with Crippen molar-refractivity contribution in [2.75, 3.05) is 0 Å². The van der Waals surface area contributed by atoms with Crippen molar-refractivity contribution in [1.29, 1.82) is 0 Å². The smallest absolute Gasteiger partial charge is 0.151 e. The molecule has 22 heavy (non-hydrogen) atoms. The quantitative estimate of drug-likeness (QED) is 0.616. The van der Waals surface area contributed by atoms with Crippen LogP contribution in [-0.4, -0.2) is 22.1 Å². The summed E-state index contributed by atoms with van der Waals surface area (Å²) in [6.07, 6.45) is 1.18. The summed E-state index contributed by atoms with van der Waals surface area (Å²) in [7, 11) is 0. The van der Waals surface area contributed by atoms with E-state index in [0.717, 1.165) is 6.42 Å². The lowest BCUT2D eigenvalue weighted by molar-refractivity contribution is -0.132. The molecule has 0 aliphatic carbocycles. The van der Waals surface area contributed by atoms with Gasteiger partial charge in [0.05, 0.1) is 5.25 Å². The normalized spacial score (nSPS) is 15.0. The molecule has 0 aliphatic heterocycles. The first kappa shape index (κ1) is 21.7. The third kappa shape index (κ3) is 7.80. The zero-order valence-corrected chi connectivity index (χ0v) is 17.1. The fourth-order valence-electron chi connectivity index (χ4n) is 2.85. The highest BCUT2D eigenvalue weighted by atomic mass is 32.2. The molecule has 0 spiro atoms. The lowest BCUT2D eigenvalue weighted by Crippen LogP contribution is -2.39. The highest BCUT2D eigenvalue weighted by Gasteiger charge is 2.39. The highest BCUT2D eigenvalue weighted by Crippen LogP contribution is 2.38. The minimum atomic E-state index is -0.400. The molecule has 0 saturated carbocycles. The molecule has 1 atom stereocenters. The van der Waals surface area contributed by atoms with Crippen LogP contribution in [0, 0.1) is 16.2 Å². The van der Waals surface area contributed by atoms with Crippen LogP contribution in [0.4, 0.5) is 0 Å². The number of hydrogen-bond acceptors (Lipinski definition) is 3. The van der Waals surface area contributed by atoms with E-state index in [1.165, 1.54) is 0 Å². The molecule has 0 fully saturated rings. The molecule has 0 amide bonds. The van der Waals surface area contributed by atoms with Crippen molar-refractivity contribution in [2.45, 2.75) is 92.6 Å². The molecular formula is C19H36O2S. The van der Waals surface area contributed by atoms with E-state index in [4.69, 9.17) is 0 Å². The van der Waals surface area contributed by atoms with Crippen molar-refractivity contribution < 1.29 is 9.59 Å². The average Bonchev–Trinajstić information content (AvgIpc) is 2.21. The van der Waals surface area contributed by atoms with Gasteiger partial charge in [-0.15, -0.1) is 11.8 Å². The Hall–Kier alpha value is -0.310. The van der Waals surface area contributed by atoms with Crippen LogP contribution < -0.4 is 0 Å². The van der Waals surface area contributed by atoms with Gasteiger partial charge in [-0.05, 0) is 17.1 Å². The summed E-state index contributed by atoms with van der Waals surface area (Å²) in [6.45, 7) is 20.5. The molecule has 0 radical (unpaired) electrons. The summed E-state index contributed by atoms with van der Waals surface area (Å²) >= 11 is 1.63. The van der Waals surface area contributed by atoms with Gasteiger partial charge in [0.25, 0.3) is 0 Å². The predicted molar refractivity (Wildman–Crippen MR) is 98.5 cm³/mol. The number of carbonyl (C=O) groups is 2. The standard InChI is InChI=1S/C19H36O2S/c1-13(2)22-14(11-15(20)18(6,7)8)16(21)19(9,10)12-17(3,4)5/h13-14H,11-12H2,1-10H3. The molecule has 0 aromatic rings. The highest BCUT2D eigenvalue weighted by molar-refractivity contribution is 8.01. The van der Waals surface area contributed by atoms with E-state index in [-0.39, 0.29) is 27.6 Å². The van der Waals surface area contributed by atoms with Gasteiger partial charge in [0.15, 0.2) is 5.78 Å². The molecule has 130 valence electrons. The van der Waals surface area contributed by atoms with Crippen LogP contribution in [0.2, 0.25) is 0 Å². The topological polar surface area (TPSA) is 34.1 Å². The lowest BCUT2D eigenvalue weighted by Gasteiger charge is -2.34. The summed E-state index contributed by atoms with van der Waals surface area (Å²) in [4.78, 5) is 25.5. The second-order valence-electron chi connectivity index (χ2n) is 9.54. The van der Waals surface area contributed by atoms with Crippen molar-refractivity contribution in [2.24, 2.45) is 16.2 Å². The first-order chi connectivity index (χ1) is 9.56. The zero-order chi connectivity index (χ0) is 17.9. The van der Waals surface area contributed by atoms with Crippen molar-refractivity contribution in [1.82, 2.24) is 0 Å². The minimum Gasteiger partial charge on any atom is -0.299 e. The number of hydrogen-bond donors (Lipinski definition) is 0. The lowest BCUT2D eigenvalue weighted by atomic mass is 9.72. The van der Waals surface area contributed by atoms with Crippen LogP contribution in [0.15, 0.2) is 0 Å². The number of Topliss-reactive ketones (excluding diaryl/α,β-unsaturated/α-hetero) is 2. The maximum absolute atomic E-state index is 13.1. The molecule has 2 nitrogen and oxygen atoms in total. The van der Waals surface area contributed by atoms with Crippen molar-refractivity contribution in [3.8, 4) is 0 Å². The molecular weight excluding hydrogens is 292 g/mol. The summed E-state index contributed by atoms with van der Waals surface area (Å²) in [5.41, 5.74) is -0.687. The van der Waals surface area contributed by atoms with Gasteiger partial charge in [-0.3, -0.25) is 9.59 Å². The molecule has 0 rings (SSSR count). The second kappa shape index (κ2) is 7.51. The predicted octanol–water partition coefficient (Wildman–Crippen LogP) is 5.53. The summed E-state index contributed by atoms with van der Waals surface area (Å²) in [6, 6.07) is 0. The van der Waals surface area contributed by atoms with E-state index in [9.17, 15) is 9.59 Å². The summed E-state index contributed by atoms with van der Waals surface area (Å²) in [5.74, 6) is 0.393. The number of carbonyl (C=O) groups excluding carboxylic acids is 2. The molecule has 0 aromatic heterocycles. The van der Waals surface area contributed by atoms with E-state index in [0.29, 0.717) is 11.7 Å². The third-order valence-electron chi connectivity index (χ3n) is 3.58. The van der Waals surface area contributed by atoms with Crippen LogP contribution in [0.3, 0.4) is 0 Å². The minimum absolute atomic E-state index is 0.0975. The number of thioether (sulfide) groups is 1. The van der Waals surface area contributed by atoms with E-state index < -0.39 is 5.41 Å². The van der Waals surface area contributed by atoms with Crippen LogP contribution in [0.1, 0.15) is 82.1 Å². The average molecular weight is 329 g/mol. The van der Waals surface area contributed by atoms with Gasteiger partial charge >= 0.3 is 0 Å². The summed E-state index contributed by atoms with van der Waals surface area (Å²) < 4.78 is 0. The Labute approximate surface area is 142 Å². The number of ketones is 2. The zero-order valence-electron chi connectivity index (χ0n) is 16.3. The van der Waals surface area contributed by atoms with Crippen molar-refractivity contribution in [3.63, 3.8) is 0 Å². The van der Waals surface area contributed by atoms with Gasteiger partial charge in [-0.1, -0.05) is 69.2 Å². The molecule has 0 saturated heterocycles. The molecule has 3 heteroatoms. The van der Waals surface area contributed by atoms with Gasteiger partial charge in [-0.2, -0.15) is 0 Å². The van der Waals surface area contributed by atoms with Crippen LogP contribution in [0.25, 0.3) is 0 Å². The van der Waals surface area contributed by atoms with Gasteiger partial charge < -0.3 is 0 Å². The fraction of sp³-hybridized carbons (Fsp3) is 0.895. The Morgan fingerprint density at radius 1 is 0.909 bits per heavy atom. The van der Waals surface area contributed by atoms with Crippen LogP contribution in [-0.2, 0) is 9.59 Å². The van der Waals surface area contributed by atoms with Gasteiger partial charge in [0, 0.05) is 17.3 Å². The Morgan fingerprint density at radius 2 is 1.36 bits per heavy atom. The van der Waals surface area contributed by atoms with Gasteiger partial charge in [0.2, 0.25) is 0 Å². The Morgan fingerprint density at radius 3 is 1.68 bits per heavy atom. The first-order valence-corrected chi connectivity index (χ1v) is 9.23. The Bertz CT molecular complexity index is 395. The molecule has 0 bridgehead atoms. The van der Waals surface area contributed by atoms with Crippen LogP contribution in [0.5, 0.6) is 0 Å². The van der Waals surface area contributed by atoms with E-state index in [1.54, 1.807) is 11.8 Å². The molecule has 0 aromatic carbocycles. The Kier molecular flexibility index (Phi) is 7.40. The monoisotopic (exact) mass is 328 g/mol. The maximum Gasteiger partial charge on any atom is 0.151 e. The summed E-state index contributed by atoms with van der Waals surface area (Å²) in [5, 5.41) is 0.108. The second-order valence-corrected chi connectivity index (χ2v) is 11.3. The van der Waals surface area contributed by atoms with E-state index in [1.807, 2.05) is 34.6 Å². The maximum atomic E-state index is 13.1. The molecule has 0 N–H and O–H groups in total. The fourth-order valence-corrected chi connectivity index (χ4v) is 4.20. The van der Waals surface area contributed by atoms with Crippen LogP contribution >= 0.6 is 11.8 Å². The first-order valence-electron chi connectivity index (χ1n) is 8.29. The molecule has 0 aliphatic rings. The molecule has 1 unspecified atom stereocenters. The molecule has 0 heterocycles. The SMILES string of the molecule is CC(C)SC(CC(=O)C(C)(C)C)C(=O)C(C)(C)CC(C)(C)C.